The van der Waals surface area contributed by atoms with Gasteiger partial charge in [-0.1, -0.05) is 19.1 Å². The minimum absolute atomic E-state index is 0. The maximum absolute atomic E-state index is 15.2. The molecule has 5 aromatic rings. The summed E-state index contributed by atoms with van der Waals surface area (Å²) in [5.41, 5.74) is 7.64. The van der Waals surface area contributed by atoms with Crippen LogP contribution >= 0.6 is 11.3 Å². The monoisotopic (exact) mass is 708 g/mol. The summed E-state index contributed by atoms with van der Waals surface area (Å²) in [4.78, 5) is 16.4. The van der Waals surface area contributed by atoms with Crippen molar-refractivity contribution in [2.45, 2.75) is 45.4 Å². The maximum atomic E-state index is 15.2. The van der Waals surface area contributed by atoms with Crippen LogP contribution in [0.15, 0.2) is 72.6 Å². The third-order valence-electron chi connectivity index (χ3n) is 7.61. The zero-order chi connectivity index (χ0) is 32.3. The average molecular weight is 710 g/mol. The minimum atomic E-state index is -1.93. The number of carbonyl (C=O) groups is 1. The number of esters is 1. The molecule has 0 aliphatic heterocycles. The minimum Gasteiger partial charge on any atom is -1.00 e. The number of aromatic nitrogens is 4. The van der Waals surface area contributed by atoms with Crippen molar-refractivity contribution in [3.63, 3.8) is 0 Å². The van der Waals surface area contributed by atoms with Gasteiger partial charge in [0.15, 0.2) is 0 Å². The van der Waals surface area contributed by atoms with Crippen LogP contribution in [0.2, 0.25) is 0 Å². The van der Waals surface area contributed by atoms with Gasteiger partial charge >= 0.3 is 5.97 Å². The van der Waals surface area contributed by atoms with Gasteiger partial charge in [-0.15, -0.1) is 16.0 Å². The van der Waals surface area contributed by atoms with Crippen molar-refractivity contribution in [1.29, 1.82) is 5.26 Å². The van der Waals surface area contributed by atoms with Crippen molar-refractivity contribution < 1.29 is 45.0 Å². The van der Waals surface area contributed by atoms with Crippen molar-refractivity contribution in [3.05, 3.63) is 117 Å². The zero-order valence-corrected chi connectivity index (χ0v) is 27.6. The second-order valence-electron chi connectivity index (χ2n) is 10.9. The van der Waals surface area contributed by atoms with Crippen molar-refractivity contribution >= 4 is 17.3 Å². The molecular weight excluding hydrogens is 678 g/mol. The Labute approximate surface area is 279 Å². The van der Waals surface area contributed by atoms with E-state index in [2.05, 4.69) is 11.2 Å². The Morgan fingerprint density at radius 3 is 2.52 bits per heavy atom. The Bertz CT molecular complexity index is 1880. The van der Waals surface area contributed by atoms with Crippen molar-refractivity contribution in [2.75, 3.05) is 6.54 Å². The van der Waals surface area contributed by atoms with E-state index in [0.29, 0.717) is 28.6 Å². The Morgan fingerprint density at radius 2 is 1.87 bits per heavy atom. The number of carbonyl (C=O) groups excluding carboxylic acids is 1. The first kappa shape index (κ1) is 34.5. The predicted octanol–water partition coefficient (Wildman–Crippen LogP) is 1.67. The first-order chi connectivity index (χ1) is 21.5. The Hall–Kier alpha value is -4.35. The number of hydrogen-bond acceptors (Lipinski definition) is 8. The van der Waals surface area contributed by atoms with Crippen molar-refractivity contribution in [1.82, 2.24) is 14.8 Å². The fraction of sp³-hybridized carbons (Fsp3) is 0.242. The topological polar surface area (TPSA) is 131 Å². The number of benzene rings is 3. The highest BCUT2D eigenvalue weighted by atomic mass is 79.9. The molecule has 5 rings (SSSR count). The van der Waals surface area contributed by atoms with Crippen LogP contribution in [0.4, 0.5) is 8.78 Å². The number of ether oxygens (including phenoxy) is 1. The number of rotatable bonds is 10. The molecule has 9 nitrogen and oxygen atoms in total. The van der Waals surface area contributed by atoms with E-state index in [1.807, 2.05) is 31.4 Å². The van der Waals surface area contributed by atoms with Gasteiger partial charge in [0.2, 0.25) is 6.33 Å². The summed E-state index contributed by atoms with van der Waals surface area (Å²) in [6.07, 6.45) is 3.25. The molecule has 2 heterocycles. The second-order valence-corrected chi connectivity index (χ2v) is 11.8. The first-order valence-electron chi connectivity index (χ1n) is 14.1. The second kappa shape index (κ2) is 14.4. The van der Waals surface area contributed by atoms with Gasteiger partial charge in [-0.2, -0.15) is 5.26 Å². The molecule has 0 aliphatic carbocycles. The molecule has 13 heteroatoms. The van der Waals surface area contributed by atoms with Crippen molar-refractivity contribution in [3.8, 4) is 23.1 Å². The van der Waals surface area contributed by atoms with E-state index in [4.69, 9.17) is 20.7 Å². The van der Waals surface area contributed by atoms with Crippen molar-refractivity contribution in [2.24, 2.45) is 5.73 Å². The molecule has 0 amide bonds. The predicted molar refractivity (Wildman–Crippen MR) is 163 cm³/mol. The Morgan fingerprint density at radius 1 is 1.17 bits per heavy atom. The fourth-order valence-electron chi connectivity index (χ4n) is 5.26. The molecule has 0 radical (unpaired) electrons. The van der Waals surface area contributed by atoms with Crippen LogP contribution in [0.1, 0.15) is 45.7 Å². The molecule has 3 N–H and O–H groups in total. The molecule has 0 bridgehead atoms. The number of hydrogen-bond donors (Lipinski definition) is 2. The van der Waals surface area contributed by atoms with Gasteiger partial charge in [0.25, 0.3) is 6.33 Å². The summed E-state index contributed by atoms with van der Waals surface area (Å²) >= 11 is 1.29. The van der Waals surface area contributed by atoms with Crippen LogP contribution in [0, 0.1) is 36.8 Å². The molecule has 0 aliphatic rings. The van der Waals surface area contributed by atoms with Crippen LogP contribution in [-0.2, 0) is 23.5 Å². The van der Waals surface area contributed by atoms with Gasteiger partial charge in [0.05, 0.1) is 35.4 Å². The molecule has 2 atom stereocenters. The Balaban J connectivity index is 0.00000480. The molecule has 2 aromatic heterocycles. The van der Waals surface area contributed by atoms with Crippen LogP contribution in [-0.4, -0.2) is 32.4 Å². The molecule has 0 saturated heterocycles. The van der Waals surface area contributed by atoms with Crippen LogP contribution < -0.4 is 32.0 Å². The summed E-state index contributed by atoms with van der Waals surface area (Å²) in [5, 5.41) is 28.1. The number of halogens is 3. The van der Waals surface area contributed by atoms with Crippen LogP contribution in [0.3, 0.4) is 0 Å². The highest BCUT2D eigenvalue weighted by molar-refractivity contribution is 7.10. The molecule has 238 valence electrons. The van der Waals surface area contributed by atoms with E-state index in [9.17, 15) is 14.3 Å². The van der Waals surface area contributed by atoms with E-state index in [-0.39, 0.29) is 35.6 Å². The standard InChI is InChI=1S/C33H31F2N6O3S.BrH/c1-20-10-24(11-21(2)31(20)44-30(42)14-37)15-40-18-38-41(19-40)17-33(43,27-12-26(34)8-9-28(27)35)22(3)32-39-29(16-45-32)25-6-4-23(13-36)5-7-25;/h4-12,16,18-19,22,43H,14-15,17,37H2,1-3H3;1H/q+1;/p-1/t22-,33+;/m0./s1. The highest BCUT2D eigenvalue weighted by Gasteiger charge is 2.43. The van der Waals surface area contributed by atoms with Gasteiger partial charge in [0, 0.05) is 27.5 Å². The lowest BCUT2D eigenvalue weighted by Gasteiger charge is -2.32. The molecule has 0 spiro atoms. The maximum Gasteiger partial charge on any atom is 0.325 e. The number of thiazole rings is 1. The molecule has 0 saturated carbocycles. The van der Waals surface area contributed by atoms with E-state index in [1.54, 1.807) is 48.4 Å². The average Bonchev–Trinajstić information content (AvgIpc) is 3.69. The van der Waals surface area contributed by atoms with Gasteiger partial charge in [-0.25, -0.2) is 18.3 Å². The lowest BCUT2D eigenvalue weighted by atomic mass is 9.82. The van der Waals surface area contributed by atoms with Gasteiger partial charge < -0.3 is 32.6 Å². The first-order valence-corrected chi connectivity index (χ1v) is 14.9. The summed E-state index contributed by atoms with van der Waals surface area (Å²) in [6.45, 7) is 5.39. The SMILES string of the molecule is Cc1cc(C[n+]2cnn(C[C@](O)(c3cc(F)ccc3F)[C@@H](C)c3nc(-c4ccc(C#N)cc4)cs3)c2)cc(C)c1OC(=O)CN.[Br-]. The van der Waals surface area contributed by atoms with E-state index < -0.39 is 29.1 Å². The summed E-state index contributed by atoms with van der Waals surface area (Å²) in [5.74, 6) is -2.26. The largest absolute Gasteiger partial charge is 1.00 e. The van der Waals surface area contributed by atoms with Crippen LogP contribution in [0.5, 0.6) is 5.75 Å². The number of nitrogens with zero attached hydrogens (tertiary/aromatic N) is 5. The van der Waals surface area contributed by atoms with Gasteiger partial charge in [-0.3, -0.25) is 4.79 Å². The quantitative estimate of drug-likeness (QED) is 0.128. The highest BCUT2D eigenvalue weighted by Crippen LogP contribution is 2.41. The summed E-state index contributed by atoms with van der Waals surface area (Å²) in [6, 6.07) is 15.8. The van der Waals surface area contributed by atoms with Gasteiger partial charge in [-0.05, 0) is 73.0 Å². The van der Waals surface area contributed by atoms with Gasteiger partial charge in [0.1, 0.15) is 29.5 Å². The number of nitrogens with two attached hydrogens (primary N) is 1. The molecular formula is C33H31BrF2N6O3S. The zero-order valence-electron chi connectivity index (χ0n) is 25.2. The normalized spacial score (nSPS) is 12.9. The molecule has 3 aromatic carbocycles. The lowest BCUT2D eigenvalue weighted by Crippen LogP contribution is -3.00. The number of nitriles is 1. The van der Waals surface area contributed by atoms with E-state index in [1.165, 1.54) is 16.0 Å². The van der Waals surface area contributed by atoms with E-state index >= 15 is 4.39 Å². The number of aryl methyl sites for hydroxylation is 2. The molecule has 0 unspecified atom stereocenters. The number of aliphatic hydroxyl groups is 1. The summed E-state index contributed by atoms with van der Waals surface area (Å²) < 4.78 is 38.3. The molecule has 0 fully saturated rings. The third kappa shape index (κ3) is 7.37. The lowest BCUT2D eigenvalue weighted by molar-refractivity contribution is -0.689. The van der Waals surface area contributed by atoms with Crippen LogP contribution in [0.25, 0.3) is 11.3 Å². The third-order valence-corrected chi connectivity index (χ3v) is 8.64. The fourth-order valence-corrected chi connectivity index (χ4v) is 6.23. The summed E-state index contributed by atoms with van der Waals surface area (Å²) in [7, 11) is 0. The Kier molecular flexibility index (Phi) is 10.8. The molecule has 46 heavy (non-hydrogen) atoms. The van der Waals surface area contributed by atoms with E-state index in [0.717, 1.165) is 40.5 Å². The smallest absolute Gasteiger partial charge is 0.325 e.